The summed E-state index contributed by atoms with van der Waals surface area (Å²) in [4.78, 5) is 31.2. The number of pyridine rings is 2. The SMILES string of the molecule is CC(OCCOCCOC1CCCCO1)(c1cccc(C(=O)O)n1)c1cccc(C(=O)O)n1. The molecular formula is C23H28N2O8. The first-order chi connectivity index (χ1) is 15.9. The van der Waals surface area contributed by atoms with Crippen LogP contribution in [0.25, 0.3) is 0 Å². The third-order valence-corrected chi connectivity index (χ3v) is 5.20. The van der Waals surface area contributed by atoms with Crippen LogP contribution >= 0.6 is 0 Å². The monoisotopic (exact) mass is 460 g/mol. The van der Waals surface area contributed by atoms with Gasteiger partial charge in [-0.1, -0.05) is 12.1 Å². The van der Waals surface area contributed by atoms with E-state index in [1.807, 2.05) is 0 Å². The number of rotatable bonds is 12. The number of carboxylic acid groups (broad SMARTS) is 2. The smallest absolute Gasteiger partial charge is 0.354 e. The van der Waals surface area contributed by atoms with Crippen molar-refractivity contribution in [3.05, 3.63) is 59.2 Å². The molecule has 10 nitrogen and oxygen atoms in total. The van der Waals surface area contributed by atoms with Gasteiger partial charge in [-0.15, -0.1) is 0 Å². The molecule has 0 saturated carbocycles. The number of ether oxygens (including phenoxy) is 4. The third kappa shape index (κ3) is 6.78. The van der Waals surface area contributed by atoms with Crippen molar-refractivity contribution >= 4 is 11.9 Å². The number of hydrogen-bond donors (Lipinski definition) is 2. The van der Waals surface area contributed by atoms with Crippen molar-refractivity contribution in [2.45, 2.75) is 38.1 Å². The number of hydrogen-bond acceptors (Lipinski definition) is 8. The topological polar surface area (TPSA) is 137 Å². The highest BCUT2D eigenvalue weighted by Gasteiger charge is 2.34. The van der Waals surface area contributed by atoms with Crippen molar-refractivity contribution in [2.24, 2.45) is 0 Å². The van der Waals surface area contributed by atoms with E-state index in [-0.39, 0.29) is 42.3 Å². The standard InChI is InChI=1S/C23H28N2O8/c1-23(18-8-4-6-16(24-18)21(26)27,19-9-5-7-17(25-19)22(28)29)33-15-13-30-12-14-32-20-10-2-3-11-31-20/h4-9,20H,2-3,10-15H2,1H3,(H,26,27)(H,28,29). The fraction of sp³-hybridized carbons (Fsp3) is 0.478. The zero-order valence-electron chi connectivity index (χ0n) is 18.4. The van der Waals surface area contributed by atoms with E-state index < -0.39 is 17.5 Å². The third-order valence-electron chi connectivity index (χ3n) is 5.20. The van der Waals surface area contributed by atoms with Crippen LogP contribution in [0, 0.1) is 0 Å². The first kappa shape index (κ1) is 24.7. The lowest BCUT2D eigenvalue weighted by molar-refractivity contribution is -0.170. The molecule has 178 valence electrons. The Hall–Kier alpha value is -2.92. The molecule has 1 saturated heterocycles. The maximum atomic E-state index is 11.4. The Morgan fingerprint density at radius 2 is 1.58 bits per heavy atom. The first-order valence-corrected chi connectivity index (χ1v) is 10.8. The summed E-state index contributed by atoms with van der Waals surface area (Å²) in [6.45, 7) is 3.51. The van der Waals surface area contributed by atoms with E-state index in [0.717, 1.165) is 19.3 Å². The summed E-state index contributed by atoms with van der Waals surface area (Å²) in [6, 6.07) is 9.06. The molecule has 0 amide bonds. The zero-order chi connectivity index (χ0) is 23.7. The van der Waals surface area contributed by atoms with Gasteiger partial charge in [0.15, 0.2) is 6.29 Å². The van der Waals surface area contributed by atoms with Gasteiger partial charge in [-0.2, -0.15) is 0 Å². The highest BCUT2D eigenvalue weighted by Crippen LogP contribution is 2.31. The summed E-state index contributed by atoms with van der Waals surface area (Å²) in [6.07, 6.45) is 2.85. The van der Waals surface area contributed by atoms with Crippen LogP contribution in [0.15, 0.2) is 36.4 Å². The highest BCUT2D eigenvalue weighted by atomic mass is 16.7. The predicted octanol–water partition coefficient (Wildman–Crippen LogP) is 2.71. The van der Waals surface area contributed by atoms with Gasteiger partial charge in [-0.25, -0.2) is 19.6 Å². The average molecular weight is 460 g/mol. The van der Waals surface area contributed by atoms with Gasteiger partial charge in [0.1, 0.15) is 17.0 Å². The van der Waals surface area contributed by atoms with Crippen LogP contribution in [0.5, 0.6) is 0 Å². The van der Waals surface area contributed by atoms with E-state index in [9.17, 15) is 19.8 Å². The molecule has 1 aliphatic rings. The van der Waals surface area contributed by atoms with E-state index in [1.54, 1.807) is 31.2 Å². The van der Waals surface area contributed by atoms with Crippen LogP contribution in [0.2, 0.25) is 0 Å². The molecule has 10 heteroatoms. The molecule has 1 unspecified atom stereocenters. The summed E-state index contributed by atoms with van der Waals surface area (Å²) in [7, 11) is 0. The van der Waals surface area contributed by atoms with Crippen molar-refractivity contribution in [3.63, 3.8) is 0 Å². The lowest BCUT2D eigenvalue weighted by atomic mass is 9.95. The van der Waals surface area contributed by atoms with E-state index >= 15 is 0 Å². The predicted molar refractivity (Wildman–Crippen MR) is 115 cm³/mol. The lowest BCUT2D eigenvalue weighted by Crippen LogP contribution is -2.32. The number of aromatic carboxylic acids is 2. The van der Waals surface area contributed by atoms with Crippen molar-refractivity contribution < 1.29 is 38.7 Å². The van der Waals surface area contributed by atoms with Gasteiger partial charge < -0.3 is 29.2 Å². The molecule has 3 rings (SSSR count). The Morgan fingerprint density at radius 3 is 2.12 bits per heavy atom. The molecule has 1 atom stereocenters. The minimum Gasteiger partial charge on any atom is -0.477 e. The number of carboxylic acids is 2. The van der Waals surface area contributed by atoms with Crippen LogP contribution < -0.4 is 0 Å². The van der Waals surface area contributed by atoms with Gasteiger partial charge in [0.05, 0.1) is 37.8 Å². The van der Waals surface area contributed by atoms with Crippen LogP contribution in [0.4, 0.5) is 0 Å². The number of aromatic nitrogens is 2. The summed E-state index contributed by atoms with van der Waals surface area (Å²) in [5.41, 5.74) is -1.04. The van der Waals surface area contributed by atoms with Crippen LogP contribution in [-0.2, 0) is 24.5 Å². The molecule has 2 N–H and O–H groups in total. The molecule has 2 aromatic heterocycles. The average Bonchev–Trinajstić information content (AvgIpc) is 2.84. The van der Waals surface area contributed by atoms with Crippen LogP contribution in [0.1, 0.15) is 58.6 Å². The normalized spacial score (nSPS) is 16.5. The molecule has 0 radical (unpaired) electrons. The Kier molecular flexibility index (Phi) is 8.84. The molecule has 1 aliphatic heterocycles. The summed E-state index contributed by atoms with van der Waals surface area (Å²) in [5.74, 6) is -2.37. The maximum Gasteiger partial charge on any atom is 0.354 e. The van der Waals surface area contributed by atoms with Gasteiger partial charge in [0, 0.05) is 6.61 Å². The molecular weight excluding hydrogens is 432 g/mol. The van der Waals surface area contributed by atoms with Crippen molar-refractivity contribution in [3.8, 4) is 0 Å². The molecule has 0 spiro atoms. The second kappa shape index (κ2) is 11.8. The minimum atomic E-state index is -1.30. The van der Waals surface area contributed by atoms with E-state index in [4.69, 9.17) is 18.9 Å². The summed E-state index contributed by atoms with van der Waals surface area (Å²) >= 11 is 0. The highest BCUT2D eigenvalue weighted by molar-refractivity contribution is 5.85. The molecule has 3 heterocycles. The molecule has 0 aliphatic carbocycles. The first-order valence-electron chi connectivity index (χ1n) is 10.8. The molecule has 1 fully saturated rings. The van der Waals surface area contributed by atoms with E-state index in [2.05, 4.69) is 9.97 Å². The van der Waals surface area contributed by atoms with E-state index in [0.29, 0.717) is 19.8 Å². The van der Waals surface area contributed by atoms with Crippen LogP contribution in [-0.4, -0.2) is 71.4 Å². The summed E-state index contributed by atoms with van der Waals surface area (Å²) in [5, 5.41) is 18.6. The number of nitrogens with zero attached hydrogens (tertiary/aromatic N) is 2. The molecule has 33 heavy (non-hydrogen) atoms. The van der Waals surface area contributed by atoms with Gasteiger partial charge in [-0.05, 0) is 50.5 Å². The lowest BCUT2D eigenvalue weighted by Gasteiger charge is -2.29. The van der Waals surface area contributed by atoms with Crippen molar-refractivity contribution in [2.75, 3.05) is 33.0 Å². The van der Waals surface area contributed by atoms with Gasteiger partial charge >= 0.3 is 11.9 Å². The maximum absolute atomic E-state index is 11.4. The largest absolute Gasteiger partial charge is 0.477 e. The van der Waals surface area contributed by atoms with Crippen molar-refractivity contribution in [1.82, 2.24) is 9.97 Å². The van der Waals surface area contributed by atoms with Gasteiger partial charge in [0.2, 0.25) is 0 Å². The van der Waals surface area contributed by atoms with E-state index in [1.165, 1.54) is 12.1 Å². The summed E-state index contributed by atoms with van der Waals surface area (Å²) < 4.78 is 22.8. The Bertz CT molecular complexity index is 888. The Morgan fingerprint density at radius 1 is 0.970 bits per heavy atom. The fourth-order valence-corrected chi connectivity index (χ4v) is 3.41. The Balaban J connectivity index is 1.65. The second-order valence-corrected chi connectivity index (χ2v) is 7.59. The number of carbonyl (C=O) groups is 2. The van der Waals surface area contributed by atoms with Crippen molar-refractivity contribution in [1.29, 1.82) is 0 Å². The second-order valence-electron chi connectivity index (χ2n) is 7.59. The Labute approximate surface area is 191 Å². The van der Waals surface area contributed by atoms with Gasteiger partial charge in [0.25, 0.3) is 0 Å². The molecule has 0 aromatic carbocycles. The quantitative estimate of drug-likeness (QED) is 0.455. The molecule has 0 bridgehead atoms. The molecule has 2 aromatic rings. The van der Waals surface area contributed by atoms with Gasteiger partial charge in [-0.3, -0.25) is 0 Å². The zero-order valence-corrected chi connectivity index (χ0v) is 18.4. The minimum absolute atomic E-state index is 0.133. The fourth-order valence-electron chi connectivity index (χ4n) is 3.41. The van der Waals surface area contributed by atoms with Crippen LogP contribution in [0.3, 0.4) is 0 Å².